The van der Waals surface area contributed by atoms with Crippen LogP contribution < -0.4 is 5.73 Å². The summed E-state index contributed by atoms with van der Waals surface area (Å²) < 4.78 is 5.59. The van der Waals surface area contributed by atoms with Crippen LogP contribution in [0.4, 0.5) is 0 Å². The Labute approximate surface area is 62.7 Å². The fourth-order valence-corrected chi connectivity index (χ4v) is 1.24. The van der Waals surface area contributed by atoms with E-state index in [-0.39, 0.29) is 5.60 Å². The molecule has 2 N–H and O–H groups in total. The van der Waals surface area contributed by atoms with Crippen molar-refractivity contribution in [3.8, 4) is 0 Å². The number of rotatable bonds is 1. The molecule has 1 aliphatic heterocycles. The molecule has 0 aromatic carbocycles. The van der Waals surface area contributed by atoms with Crippen molar-refractivity contribution in [3.05, 3.63) is 0 Å². The number of ether oxygens (including phenoxy) is 1. The molecular formula is C8H17NO. The van der Waals surface area contributed by atoms with Crippen LogP contribution in [0.1, 0.15) is 26.7 Å². The van der Waals surface area contributed by atoms with Crippen LogP contribution >= 0.6 is 0 Å². The maximum Gasteiger partial charge on any atom is 0.0626 e. The molecule has 60 valence electrons. The Balaban J connectivity index is 2.31. The summed E-state index contributed by atoms with van der Waals surface area (Å²) in [5.74, 6) is 0.605. The minimum absolute atomic E-state index is 0.103. The van der Waals surface area contributed by atoms with Crippen LogP contribution in [0.25, 0.3) is 0 Å². The average molecular weight is 143 g/mol. The van der Waals surface area contributed by atoms with Crippen LogP contribution in [0.3, 0.4) is 0 Å². The van der Waals surface area contributed by atoms with Crippen molar-refractivity contribution in [1.29, 1.82) is 0 Å². The van der Waals surface area contributed by atoms with Crippen LogP contribution in [0.5, 0.6) is 0 Å². The van der Waals surface area contributed by atoms with E-state index in [2.05, 4.69) is 13.8 Å². The summed E-state index contributed by atoms with van der Waals surface area (Å²) in [5.41, 5.74) is 5.61. The zero-order chi connectivity index (χ0) is 7.61. The van der Waals surface area contributed by atoms with Gasteiger partial charge in [0.2, 0.25) is 0 Å². The van der Waals surface area contributed by atoms with Gasteiger partial charge in [0.1, 0.15) is 0 Å². The number of nitrogens with two attached hydrogens (primary N) is 1. The molecule has 0 radical (unpaired) electrons. The van der Waals surface area contributed by atoms with Gasteiger partial charge in [-0.3, -0.25) is 0 Å². The average Bonchev–Trinajstić information content (AvgIpc) is 1.88. The summed E-state index contributed by atoms with van der Waals surface area (Å²) in [6.45, 7) is 5.90. The fourth-order valence-electron chi connectivity index (χ4n) is 1.24. The van der Waals surface area contributed by atoms with Gasteiger partial charge in [-0.2, -0.15) is 0 Å². The highest BCUT2D eigenvalue weighted by molar-refractivity contribution is 4.77. The lowest BCUT2D eigenvalue weighted by Crippen LogP contribution is -2.36. The van der Waals surface area contributed by atoms with Gasteiger partial charge in [-0.25, -0.2) is 0 Å². The van der Waals surface area contributed by atoms with Crippen molar-refractivity contribution < 1.29 is 4.74 Å². The first-order valence-corrected chi connectivity index (χ1v) is 3.98. The minimum Gasteiger partial charge on any atom is -0.375 e. The molecule has 2 heteroatoms. The molecule has 0 saturated carbocycles. The lowest BCUT2D eigenvalue weighted by atomic mass is 9.92. The first kappa shape index (κ1) is 8.02. The Kier molecular flexibility index (Phi) is 2.32. The van der Waals surface area contributed by atoms with E-state index in [1.807, 2.05) is 0 Å². The highest BCUT2D eigenvalue weighted by Crippen LogP contribution is 2.26. The van der Waals surface area contributed by atoms with E-state index >= 15 is 0 Å². The number of hydrogen-bond donors (Lipinski definition) is 1. The molecule has 10 heavy (non-hydrogen) atoms. The minimum atomic E-state index is 0.103. The first-order valence-electron chi connectivity index (χ1n) is 3.98. The molecule has 2 nitrogen and oxygen atoms in total. The van der Waals surface area contributed by atoms with E-state index < -0.39 is 0 Å². The van der Waals surface area contributed by atoms with Crippen molar-refractivity contribution in [3.63, 3.8) is 0 Å². The lowest BCUT2D eigenvalue weighted by molar-refractivity contribution is -0.0744. The standard InChI is InChI=1S/C8H17NO/c1-8(2)4-3-7(5-9)6-10-8/h7H,3-6,9H2,1-2H3/t7-/m1/s1. The van der Waals surface area contributed by atoms with E-state index in [0.29, 0.717) is 5.92 Å². The van der Waals surface area contributed by atoms with E-state index in [1.54, 1.807) is 0 Å². The van der Waals surface area contributed by atoms with Gasteiger partial charge in [-0.05, 0) is 39.2 Å². The predicted octanol–water partition coefficient (Wildman–Crippen LogP) is 1.15. The Morgan fingerprint density at radius 3 is 2.70 bits per heavy atom. The molecule has 1 saturated heterocycles. The highest BCUT2D eigenvalue weighted by Gasteiger charge is 2.26. The van der Waals surface area contributed by atoms with Gasteiger partial charge in [0.15, 0.2) is 0 Å². The van der Waals surface area contributed by atoms with E-state index in [9.17, 15) is 0 Å². The maximum atomic E-state index is 5.59. The smallest absolute Gasteiger partial charge is 0.0626 e. The third-order valence-corrected chi connectivity index (χ3v) is 2.20. The second-order valence-corrected chi connectivity index (χ2v) is 3.71. The van der Waals surface area contributed by atoms with Crippen LogP contribution in [-0.4, -0.2) is 18.8 Å². The Hall–Kier alpha value is -0.0800. The third-order valence-electron chi connectivity index (χ3n) is 2.20. The third kappa shape index (κ3) is 1.96. The van der Waals surface area contributed by atoms with Crippen LogP contribution in [0, 0.1) is 5.92 Å². The summed E-state index contributed by atoms with van der Waals surface area (Å²) in [4.78, 5) is 0. The maximum absolute atomic E-state index is 5.59. The zero-order valence-electron chi connectivity index (χ0n) is 6.89. The van der Waals surface area contributed by atoms with Crippen molar-refractivity contribution in [2.75, 3.05) is 13.2 Å². The summed E-state index contributed by atoms with van der Waals surface area (Å²) in [6, 6.07) is 0. The van der Waals surface area contributed by atoms with Crippen LogP contribution in [-0.2, 0) is 4.74 Å². The molecular weight excluding hydrogens is 126 g/mol. The van der Waals surface area contributed by atoms with Crippen molar-refractivity contribution in [1.82, 2.24) is 0 Å². The summed E-state index contributed by atoms with van der Waals surface area (Å²) >= 11 is 0. The van der Waals surface area contributed by atoms with Crippen LogP contribution in [0.15, 0.2) is 0 Å². The molecule has 1 heterocycles. The van der Waals surface area contributed by atoms with Gasteiger partial charge in [0.05, 0.1) is 12.2 Å². The molecule has 0 aliphatic carbocycles. The molecule has 0 spiro atoms. The van der Waals surface area contributed by atoms with Gasteiger partial charge in [0.25, 0.3) is 0 Å². The molecule has 1 rings (SSSR count). The fraction of sp³-hybridized carbons (Fsp3) is 1.00. The van der Waals surface area contributed by atoms with Gasteiger partial charge < -0.3 is 10.5 Å². The summed E-state index contributed by atoms with van der Waals surface area (Å²) in [6.07, 6.45) is 2.37. The van der Waals surface area contributed by atoms with Gasteiger partial charge in [-0.1, -0.05) is 0 Å². The Morgan fingerprint density at radius 1 is 1.60 bits per heavy atom. The molecule has 1 fully saturated rings. The first-order chi connectivity index (χ1) is 4.64. The topological polar surface area (TPSA) is 35.2 Å². The second-order valence-electron chi connectivity index (χ2n) is 3.71. The summed E-state index contributed by atoms with van der Waals surface area (Å²) in [5, 5.41) is 0. The molecule has 0 aromatic rings. The van der Waals surface area contributed by atoms with Crippen LogP contribution in [0.2, 0.25) is 0 Å². The van der Waals surface area contributed by atoms with E-state index in [4.69, 9.17) is 10.5 Å². The van der Waals surface area contributed by atoms with Crippen molar-refractivity contribution in [2.24, 2.45) is 11.7 Å². The monoisotopic (exact) mass is 143 g/mol. The Morgan fingerprint density at radius 2 is 2.30 bits per heavy atom. The second kappa shape index (κ2) is 2.89. The molecule has 1 atom stereocenters. The largest absolute Gasteiger partial charge is 0.375 e. The lowest BCUT2D eigenvalue weighted by Gasteiger charge is -2.34. The van der Waals surface area contributed by atoms with E-state index in [0.717, 1.165) is 19.6 Å². The predicted molar refractivity (Wildman–Crippen MR) is 41.8 cm³/mol. The SMILES string of the molecule is CC1(C)CC[C@H](CN)CO1. The van der Waals surface area contributed by atoms with Gasteiger partial charge in [0, 0.05) is 0 Å². The van der Waals surface area contributed by atoms with Gasteiger partial charge in [-0.15, -0.1) is 0 Å². The van der Waals surface area contributed by atoms with Crippen molar-refractivity contribution in [2.45, 2.75) is 32.3 Å². The summed E-state index contributed by atoms with van der Waals surface area (Å²) in [7, 11) is 0. The number of hydrogen-bond acceptors (Lipinski definition) is 2. The molecule has 0 unspecified atom stereocenters. The molecule has 0 amide bonds. The van der Waals surface area contributed by atoms with Crippen molar-refractivity contribution >= 4 is 0 Å². The quantitative estimate of drug-likeness (QED) is 0.597. The molecule has 1 aliphatic rings. The molecule has 0 bridgehead atoms. The molecule has 0 aromatic heterocycles. The van der Waals surface area contributed by atoms with E-state index in [1.165, 1.54) is 6.42 Å². The Bertz CT molecular complexity index is 102. The highest BCUT2D eigenvalue weighted by atomic mass is 16.5. The normalized spacial score (nSPS) is 32.1. The zero-order valence-corrected chi connectivity index (χ0v) is 6.89. The van der Waals surface area contributed by atoms with Gasteiger partial charge >= 0.3 is 0 Å².